The van der Waals surface area contributed by atoms with Crippen LogP contribution in [0.2, 0.25) is 0 Å². The molecule has 6 nitrogen and oxygen atoms in total. The van der Waals surface area contributed by atoms with Crippen molar-refractivity contribution in [3.05, 3.63) is 66.0 Å². The van der Waals surface area contributed by atoms with Crippen LogP contribution < -0.4 is 5.32 Å². The van der Waals surface area contributed by atoms with Crippen LogP contribution in [0.25, 0.3) is 0 Å². The molecule has 6 heteroatoms. The Morgan fingerprint density at radius 3 is 2.59 bits per heavy atom. The average molecular weight is 367 g/mol. The minimum Gasteiger partial charge on any atom is -0.378 e. The molecule has 142 valence electrons. The molecule has 2 aromatic rings. The molecule has 1 fully saturated rings. The fraction of sp³-hybridized carbons (Fsp3) is 0.381. The van der Waals surface area contributed by atoms with Crippen LogP contribution in [-0.4, -0.2) is 48.0 Å². The van der Waals surface area contributed by atoms with Gasteiger partial charge in [-0.2, -0.15) is 0 Å². The van der Waals surface area contributed by atoms with Gasteiger partial charge >= 0.3 is 0 Å². The molecule has 1 atom stereocenters. The molecule has 1 aliphatic rings. The number of pyridine rings is 1. The van der Waals surface area contributed by atoms with E-state index in [9.17, 15) is 9.59 Å². The van der Waals surface area contributed by atoms with E-state index in [-0.39, 0.29) is 11.8 Å². The molecule has 1 saturated heterocycles. The topological polar surface area (TPSA) is 71.5 Å². The minimum absolute atomic E-state index is 0.0786. The Bertz CT molecular complexity index is 731. The fourth-order valence-electron chi connectivity index (χ4n) is 3.13. The van der Waals surface area contributed by atoms with Crippen molar-refractivity contribution in [1.82, 2.24) is 15.2 Å². The summed E-state index contributed by atoms with van der Waals surface area (Å²) in [5.41, 5.74) is 1.91. The normalized spacial score (nSPS) is 15.2. The lowest BCUT2D eigenvalue weighted by atomic mass is 10.0. The van der Waals surface area contributed by atoms with Crippen molar-refractivity contribution < 1.29 is 14.3 Å². The van der Waals surface area contributed by atoms with E-state index in [1.54, 1.807) is 11.1 Å². The largest absolute Gasteiger partial charge is 0.378 e. The highest BCUT2D eigenvalue weighted by molar-refractivity contribution is 5.88. The molecule has 27 heavy (non-hydrogen) atoms. The number of carbonyl (C=O) groups is 2. The molecule has 1 aromatic carbocycles. The Labute approximate surface area is 159 Å². The maximum atomic E-state index is 13.0. The van der Waals surface area contributed by atoms with Gasteiger partial charge in [0.15, 0.2) is 0 Å². The van der Waals surface area contributed by atoms with Gasteiger partial charge in [-0.1, -0.05) is 36.4 Å². The van der Waals surface area contributed by atoms with Crippen molar-refractivity contribution in [2.45, 2.75) is 25.3 Å². The van der Waals surface area contributed by atoms with Gasteiger partial charge in [0.1, 0.15) is 6.04 Å². The Balaban J connectivity index is 1.60. The summed E-state index contributed by atoms with van der Waals surface area (Å²) in [4.78, 5) is 31.3. The van der Waals surface area contributed by atoms with Crippen molar-refractivity contribution in [2.24, 2.45) is 0 Å². The standard InChI is InChI=1S/C21H25N3O3/c25-19(10-4-6-17-7-5-11-22-16-17)23-20(18-8-2-1-3-9-18)21(26)24-12-14-27-15-13-24/h1-3,5,7-9,11,16,20H,4,6,10,12-15H2,(H,23,25). The first kappa shape index (κ1) is 19.0. The second-order valence-corrected chi connectivity index (χ2v) is 6.56. The molecule has 0 aliphatic carbocycles. The molecule has 1 unspecified atom stereocenters. The molecule has 2 heterocycles. The Kier molecular flexibility index (Phi) is 6.93. The van der Waals surface area contributed by atoms with Crippen LogP contribution >= 0.6 is 0 Å². The van der Waals surface area contributed by atoms with Gasteiger partial charge in [-0.3, -0.25) is 14.6 Å². The smallest absolute Gasteiger partial charge is 0.249 e. The summed E-state index contributed by atoms with van der Waals surface area (Å²) in [7, 11) is 0. The van der Waals surface area contributed by atoms with Crippen LogP contribution in [-0.2, 0) is 20.7 Å². The average Bonchev–Trinajstić information content (AvgIpc) is 2.73. The zero-order valence-corrected chi connectivity index (χ0v) is 15.3. The third kappa shape index (κ3) is 5.62. The molecule has 0 saturated carbocycles. The van der Waals surface area contributed by atoms with E-state index in [1.807, 2.05) is 48.7 Å². The van der Waals surface area contributed by atoms with E-state index >= 15 is 0 Å². The summed E-state index contributed by atoms with van der Waals surface area (Å²) in [5.74, 6) is -0.195. The van der Waals surface area contributed by atoms with Crippen molar-refractivity contribution in [1.29, 1.82) is 0 Å². The van der Waals surface area contributed by atoms with Gasteiger partial charge in [-0.25, -0.2) is 0 Å². The maximum absolute atomic E-state index is 13.0. The number of hydrogen-bond acceptors (Lipinski definition) is 4. The Hall–Kier alpha value is -2.73. The number of carbonyl (C=O) groups excluding carboxylic acids is 2. The summed E-state index contributed by atoms with van der Waals surface area (Å²) in [6.45, 7) is 2.18. The van der Waals surface area contributed by atoms with E-state index in [4.69, 9.17) is 4.74 Å². The van der Waals surface area contributed by atoms with E-state index in [0.29, 0.717) is 39.1 Å². The molecule has 1 aromatic heterocycles. The summed E-state index contributed by atoms with van der Waals surface area (Å²) >= 11 is 0. The molecule has 1 aliphatic heterocycles. The van der Waals surface area contributed by atoms with Crippen LogP contribution in [0.3, 0.4) is 0 Å². The Morgan fingerprint density at radius 2 is 1.89 bits per heavy atom. The number of aromatic nitrogens is 1. The molecule has 3 rings (SSSR count). The summed E-state index contributed by atoms with van der Waals surface area (Å²) in [5, 5.41) is 2.93. The monoisotopic (exact) mass is 367 g/mol. The number of benzene rings is 1. The van der Waals surface area contributed by atoms with Crippen molar-refractivity contribution in [2.75, 3.05) is 26.3 Å². The lowest BCUT2D eigenvalue weighted by Crippen LogP contribution is -2.47. The van der Waals surface area contributed by atoms with Gasteiger partial charge in [0.05, 0.1) is 13.2 Å². The second-order valence-electron chi connectivity index (χ2n) is 6.56. The molecule has 0 bridgehead atoms. The van der Waals surface area contributed by atoms with E-state index in [2.05, 4.69) is 10.3 Å². The van der Waals surface area contributed by atoms with Crippen LogP contribution in [0.5, 0.6) is 0 Å². The summed E-state index contributed by atoms with van der Waals surface area (Å²) in [6, 6.07) is 12.6. The van der Waals surface area contributed by atoms with Gasteiger partial charge < -0.3 is 15.0 Å². The highest BCUT2D eigenvalue weighted by atomic mass is 16.5. The molecular weight excluding hydrogens is 342 g/mol. The second kappa shape index (κ2) is 9.83. The van der Waals surface area contributed by atoms with Crippen LogP contribution in [0, 0.1) is 0 Å². The minimum atomic E-state index is -0.657. The summed E-state index contributed by atoms with van der Waals surface area (Å²) < 4.78 is 5.33. The van der Waals surface area contributed by atoms with Gasteiger partial charge in [0.25, 0.3) is 0 Å². The van der Waals surface area contributed by atoms with E-state index < -0.39 is 6.04 Å². The molecule has 1 N–H and O–H groups in total. The van der Waals surface area contributed by atoms with Crippen molar-refractivity contribution in [3.8, 4) is 0 Å². The number of nitrogens with one attached hydrogen (secondary N) is 1. The lowest BCUT2D eigenvalue weighted by Gasteiger charge is -2.31. The van der Waals surface area contributed by atoms with Crippen molar-refractivity contribution >= 4 is 11.8 Å². The van der Waals surface area contributed by atoms with Gasteiger partial charge in [0.2, 0.25) is 11.8 Å². The maximum Gasteiger partial charge on any atom is 0.249 e. The van der Waals surface area contributed by atoms with Gasteiger partial charge in [-0.05, 0) is 30.0 Å². The number of aryl methyl sites for hydroxylation is 1. The third-order valence-corrected chi connectivity index (χ3v) is 4.60. The lowest BCUT2D eigenvalue weighted by molar-refractivity contribution is -0.140. The highest BCUT2D eigenvalue weighted by Crippen LogP contribution is 2.17. The van der Waals surface area contributed by atoms with E-state index in [0.717, 1.165) is 17.5 Å². The predicted molar refractivity (Wildman–Crippen MR) is 102 cm³/mol. The van der Waals surface area contributed by atoms with Crippen molar-refractivity contribution in [3.63, 3.8) is 0 Å². The van der Waals surface area contributed by atoms with Crippen LogP contribution in [0.1, 0.15) is 30.0 Å². The highest BCUT2D eigenvalue weighted by Gasteiger charge is 2.28. The predicted octanol–water partition coefficient (Wildman–Crippen LogP) is 2.12. The number of rotatable bonds is 7. The number of amides is 2. The third-order valence-electron chi connectivity index (χ3n) is 4.60. The van der Waals surface area contributed by atoms with Gasteiger partial charge in [0, 0.05) is 31.9 Å². The zero-order chi connectivity index (χ0) is 18.9. The number of ether oxygens (including phenoxy) is 1. The van der Waals surface area contributed by atoms with Crippen LogP contribution in [0.15, 0.2) is 54.9 Å². The Morgan fingerprint density at radius 1 is 1.11 bits per heavy atom. The first-order valence-corrected chi connectivity index (χ1v) is 9.34. The van der Waals surface area contributed by atoms with E-state index in [1.165, 1.54) is 0 Å². The molecular formula is C21H25N3O3. The number of morpholine rings is 1. The first-order valence-electron chi connectivity index (χ1n) is 9.34. The quantitative estimate of drug-likeness (QED) is 0.814. The number of hydrogen-bond donors (Lipinski definition) is 1. The molecule has 2 amide bonds. The number of nitrogens with zero attached hydrogens (tertiary/aromatic N) is 2. The first-order chi connectivity index (χ1) is 13.2. The summed E-state index contributed by atoms with van der Waals surface area (Å²) in [6.07, 6.45) is 5.42. The fourth-order valence-corrected chi connectivity index (χ4v) is 3.13. The zero-order valence-electron chi connectivity index (χ0n) is 15.3. The van der Waals surface area contributed by atoms with Gasteiger partial charge in [-0.15, -0.1) is 0 Å². The van der Waals surface area contributed by atoms with Crippen LogP contribution in [0.4, 0.5) is 0 Å². The molecule has 0 spiro atoms. The molecule has 0 radical (unpaired) electrons. The SMILES string of the molecule is O=C(CCCc1cccnc1)NC(C(=O)N1CCOCC1)c1ccccc1.